The number of carbonyl (C=O) groups excluding carboxylic acids is 2. The van der Waals surface area contributed by atoms with Crippen molar-refractivity contribution >= 4 is 22.6 Å². The molecule has 3 aromatic carbocycles. The number of hydrogen-bond acceptors (Lipinski definition) is 5. The van der Waals surface area contributed by atoms with Crippen molar-refractivity contribution in [2.45, 2.75) is 12.3 Å². The molecule has 1 atom stereocenters. The summed E-state index contributed by atoms with van der Waals surface area (Å²) in [5, 5.41) is 14.0. The summed E-state index contributed by atoms with van der Waals surface area (Å²) in [6.07, 6.45) is 1.07. The highest BCUT2D eigenvalue weighted by Gasteiger charge is 2.59. The lowest BCUT2D eigenvalue weighted by Gasteiger charge is -2.25. The Labute approximate surface area is 160 Å². The average molecular weight is 373 g/mol. The fourth-order valence-corrected chi connectivity index (χ4v) is 3.74. The van der Waals surface area contributed by atoms with Gasteiger partial charge in [0.2, 0.25) is 5.72 Å². The zero-order chi connectivity index (χ0) is 19.3. The minimum atomic E-state index is -1.98. The molecule has 2 heterocycles. The number of hydroxylamine groups is 2. The SMILES string of the molecule is O=C(OCc1cccc2ccccc12)C1=CON2C(=O)c3ccccc3C12O. The van der Waals surface area contributed by atoms with E-state index in [1.165, 1.54) is 0 Å². The van der Waals surface area contributed by atoms with Crippen LogP contribution in [0.1, 0.15) is 21.5 Å². The van der Waals surface area contributed by atoms with Gasteiger partial charge in [-0.25, -0.2) is 4.79 Å². The van der Waals surface area contributed by atoms with Crippen LogP contribution in [-0.4, -0.2) is 22.0 Å². The van der Waals surface area contributed by atoms with Gasteiger partial charge in [0.25, 0.3) is 5.91 Å². The molecule has 1 amide bonds. The van der Waals surface area contributed by atoms with Crippen LogP contribution in [0.2, 0.25) is 0 Å². The Kier molecular flexibility index (Phi) is 3.50. The second kappa shape index (κ2) is 5.94. The second-order valence-corrected chi connectivity index (χ2v) is 6.67. The molecule has 3 aromatic rings. The number of esters is 1. The van der Waals surface area contributed by atoms with Gasteiger partial charge in [0.05, 0.1) is 5.56 Å². The monoisotopic (exact) mass is 373 g/mol. The van der Waals surface area contributed by atoms with E-state index < -0.39 is 17.6 Å². The number of amides is 1. The Morgan fingerprint density at radius 3 is 2.68 bits per heavy atom. The lowest BCUT2D eigenvalue weighted by atomic mass is 9.95. The van der Waals surface area contributed by atoms with Crippen LogP contribution >= 0.6 is 0 Å². The predicted octanol–water partition coefficient (Wildman–Crippen LogP) is 3.01. The first-order chi connectivity index (χ1) is 13.6. The number of hydrogen-bond donors (Lipinski definition) is 1. The maximum Gasteiger partial charge on any atom is 0.343 e. The number of ether oxygens (including phenoxy) is 1. The quantitative estimate of drug-likeness (QED) is 0.715. The Hall–Kier alpha value is -3.64. The van der Waals surface area contributed by atoms with Crippen molar-refractivity contribution in [3.8, 4) is 0 Å². The summed E-state index contributed by atoms with van der Waals surface area (Å²) in [4.78, 5) is 30.4. The fourth-order valence-electron chi connectivity index (χ4n) is 3.74. The molecule has 6 nitrogen and oxygen atoms in total. The first-order valence-corrected chi connectivity index (χ1v) is 8.78. The number of fused-ring (bicyclic) bond motifs is 4. The fraction of sp³-hybridized carbons (Fsp3) is 0.0909. The van der Waals surface area contributed by atoms with Gasteiger partial charge in [-0.1, -0.05) is 60.7 Å². The van der Waals surface area contributed by atoms with Crippen LogP contribution in [0.5, 0.6) is 0 Å². The van der Waals surface area contributed by atoms with Crippen LogP contribution in [-0.2, 0) is 26.7 Å². The van der Waals surface area contributed by atoms with Crippen molar-refractivity contribution in [3.63, 3.8) is 0 Å². The van der Waals surface area contributed by atoms with Gasteiger partial charge >= 0.3 is 5.97 Å². The number of rotatable bonds is 3. The minimum Gasteiger partial charge on any atom is -0.457 e. The molecule has 6 heteroatoms. The first kappa shape index (κ1) is 16.5. The zero-order valence-corrected chi connectivity index (χ0v) is 14.7. The number of aliphatic hydroxyl groups is 1. The first-order valence-electron chi connectivity index (χ1n) is 8.78. The van der Waals surface area contributed by atoms with Crippen LogP contribution in [0.15, 0.2) is 78.6 Å². The molecule has 5 rings (SSSR count). The molecule has 0 saturated carbocycles. The Balaban J connectivity index is 1.43. The van der Waals surface area contributed by atoms with E-state index in [4.69, 9.17) is 9.57 Å². The molecule has 138 valence electrons. The average Bonchev–Trinajstić information content (AvgIpc) is 3.19. The van der Waals surface area contributed by atoms with Crippen LogP contribution in [0.25, 0.3) is 10.8 Å². The molecule has 1 unspecified atom stereocenters. The van der Waals surface area contributed by atoms with E-state index in [2.05, 4.69) is 0 Å². The summed E-state index contributed by atoms with van der Waals surface area (Å²) >= 11 is 0. The summed E-state index contributed by atoms with van der Waals surface area (Å²) in [5.41, 5.74) is -0.684. The molecule has 0 aromatic heterocycles. The van der Waals surface area contributed by atoms with E-state index in [0.717, 1.165) is 27.7 Å². The molecule has 0 radical (unpaired) electrons. The lowest BCUT2D eigenvalue weighted by Crippen LogP contribution is -2.42. The Morgan fingerprint density at radius 2 is 1.79 bits per heavy atom. The summed E-state index contributed by atoms with van der Waals surface area (Å²) in [6, 6.07) is 20.1. The molecular weight excluding hydrogens is 358 g/mol. The third kappa shape index (κ3) is 2.18. The predicted molar refractivity (Wildman–Crippen MR) is 99.4 cm³/mol. The van der Waals surface area contributed by atoms with E-state index in [0.29, 0.717) is 5.56 Å². The molecular formula is C22H15NO5. The number of carbonyl (C=O) groups is 2. The molecule has 0 saturated heterocycles. The third-order valence-electron chi connectivity index (χ3n) is 5.12. The van der Waals surface area contributed by atoms with Gasteiger partial charge in [0, 0.05) is 5.56 Å². The number of nitrogens with zero attached hydrogens (tertiary/aromatic N) is 1. The second-order valence-electron chi connectivity index (χ2n) is 6.67. The van der Waals surface area contributed by atoms with Crippen LogP contribution in [0.3, 0.4) is 0 Å². The topological polar surface area (TPSA) is 76.1 Å². The third-order valence-corrected chi connectivity index (χ3v) is 5.12. The molecule has 0 spiro atoms. The standard InChI is InChI=1S/C22H15NO5/c24-20-17-10-3-4-11-18(17)22(26)19(13-28-23(20)22)21(25)27-12-15-8-5-7-14-6-1-2-9-16(14)15/h1-11,13,26H,12H2. The zero-order valence-electron chi connectivity index (χ0n) is 14.7. The van der Waals surface area contributed by atoms with E-state index in [1.807, 2.05) is 42.5 Å². The van der Waals surface area contributed by atoms with Crippen molar-refractivity contribution in [3.05, 3.63) is 95.3 Å². The van der Waals surface area contributed by atoms with E-state index >= 15 is 0 Å². The van der Waals surface area contributed by atoms with Crippen LogP contribution in [0.4, 0.5) is 0 Å². The minimum absolute atomic E-state index is 0.0310. The van der Waals surface area contributed by atoms with Gasteiger partial charge in [0.15, 0.2) is 0 Å². The normalized spacial score (nSPS) is 19.8. The van der Waals surface area contributed by atoms with Gasteiger partial charge in [-0.05, 0) is 22.4 Å². The van der Waals surface area contributed by atoms with Gasteiger partial charge in [-0.15, -0.1) is 5.06 Å². The summed E-state index contributed by atoms with van der Waals surface area (Å²) in [5.74, 6) is -1.26. The maximum atomic E-state index is 12.8. The van der Waals surface area contributed by atoms with Crippen molar-refractivity contribution in [2.24, 2.45) is 0 Å². The Bertz CT molecular complexity index is 1160. The molecule has 1 N–H and O–H groups in total. The maximum absolute atomic E-state index is 12.8. The highest BCUT2D eigenvalue weighted by molar-refractivity contribution is 6.03. The van der Waals surface area contributed by atoms with Gasteiger partial charge < -0.3 is 14.7 Å². The Morgan fingerprint density at radius 1 is 1.04 bits per heavy atom. The molecule has 0 fully saturated rings. The van der Waals surface area contributed by atoms with E-state index in [1.54, 1.807) is 24.3 Å². The highest BCUT2D eigenvalue weighted by Crippen LogP contribution is 2.46. The van der Waals surface area contributed by atoms with Gasteiger partial charge in [-0.3, -0.25) is 4.79 Å². The summed E-state index contributed by atoms with van der Waals surface area (Å²) in [6.45, 7) is 0.0310. The summed E-state index contributed by atoms with van der Waals surface area (Å²) < 4.78 is 5.46. The molecule has 0 bridgehead atoms. The van der Waals surface area contributed by atoms with Crippen LogP contribution < -0.4 is 0 Å². The van der Waals surface area contributed by atoms with Crippen molar-refractivity contribution in [1.82, 2.24) is 5.06 Å². The number of benzene rings is 3. The van der Waals surface area contributed by atoms with E-state index in [-0.39, 0.29) is 17.7 Å². The molecule has 2 aliphatic rings. The van der Waals surface area contributed by atoms with E-state index in [9.17, 15) is 14.7 Å². The highest BCUT2D eigenvalue weighted by atomic mass is 16.7. The molecule has 28 heavy (non-hydrogen) atoms. The smallest absolute Gasteiger partial charge is 0.343 e. The van der Waals surface area contributed by atoms with Gasteiger partial charge in [-0.2, -0.15) is 0 Å². The summed E-state index contributed by atoms with van der Waals surface area (Å²) in [7, 11) is 0. The molecule has 2 aliphatic heterocycles. The van der Waals surface area contributed by atoms with Gasteiger partial charge in [0.1, 0.15) is 18.4 Å². The van der Waals surface area contributed by atoms with Crippen molar-refractivity contribution in [1.29, 1.82) is 0 Å². The van der Waals surface area contributed by atoms with Crippen LogP contribution in [0, 0.1) is 0 Å². The molecule has 0 aliphatic carbocycles. The lowest BCUT2D eigenvalue weighted by molar-refractivity contribution is -0.188. The van der Waals surface area contributed by atoms with Crippen molar-refractivity contribution in [2.75, 3.05) is 0 Å². The largest absolute Gasteiger partial charge is 0.457 e. The van der Waals surface area contributed by atoms with Crippen molar-refractivity contribution < 1.29 is 24.3 Å².